The number of hydrogen-bond acceptors (Lipinski definition) is 3. The molecule has 0 saturated heterocycles. The molecule has 0 saturated carbocycles. The van der Waals surface area contributed by atoms with Crippen LogP contribution >= 0.6 is 31.9 Å². The smallest absolute Gasteiger partial charge is 0.254 e. The van der Waals surface area contributed by atoms with Gasteiger partial charge in [-0.1, -0.05) is 28.1 Å². The van der Waals surface area contributed by atoms with Crippen LogP contribution in [0.5, 0.6) is 0 Å². The average molecular weight is 481 g/mol. The fraction of sp³-hybridized carbons (Fsp3) is 0.167. The maximum Gasteiger partial charge on any atom is 0.254 e. The van der Waals surface area contributed by atoms with Crippen LogP contribution in [0.4, 0.5) is 11.4 Å². The monoisotopic (exact) mass is 479 g/mol. The molecular weight excluding hydrogens is 466 g/mol. The standard InChI is InChI=1S/C18H15Br2N3O3/c19-10-5-6-14(12(20)9-10)21-16(24)8-7-15-18(26)22-13-4-2-1-3-11(13)17(25)23-15/h1-6,9,15H,7-8H2,(H,21,24)(H,22,26)(H,23,25). The number of anilines is 2. The molecule has 0 fully saturated rings. The highest BCUT2D eigenvalue weighted by molar-refractivity contribution is 9.11. The predicted octanol–water partition coefficient (Wildman–Crippen LogP) is 3.68. The molecule has 0 radical (unpaired) electrons. The molecule has 0 aliphatic carbocycles. The zero-order valence-corrected chi connectivity index (χ0v) is 16.7. The summed E-state index contributed by atoms with van der Waals surface area (Å²) in [4.78, 5) is 36.8. The van der Waals surface area contributed by atoms with Crippen molar-refractivity contribution in [1.82, 2.24) is 5.32 Å². The summed E-state index contributed by atoms with van der Waals surface area (Å²) in [5, 5.41) is 8.19. The first-order valence-corrected chi connectivity index (χ1v) is 9.48. The molecule has 1 aliphatic heterocycles. The van der Waals surface area contributed by atoms with Gasteiger partial charge < -0.3 is 16.0 Å². The summed E-state index contributed by atoms with van der Waals surface area (Å²) in [5.74, 6) is -0.905. The third-order valence-electron chi connectivity index (χ3n) is 3.92. The SMILES string of the molecule is O=C(CCC1NC(=O)c2ccccc2NC1=O)Nc1ccc(Br)cc1Br. The van der Waals surface area contributed by atoms with Gasteiger partial charge in [0.05, 0.1) is 16.9 Å². The Morgan fingerprint density at radius 3 is 2.65 bits per heavy atom. The molecule has 2 aromatic carbocycles. The van der Waals surface area contributed by atoms with Crippen LogP contribution in [0.2, 0.25) is 0 Å². The molecule has 1 heterocycles. The molecular formula is C18H15Br2N3O3. The lowest BCUT2D eigenvalue weighted by Gasteiger charge is -2.14. The van der Waals surface area contributed by atoms with Crippen molar-refractivity contribution >= 4 is 61.0 Å². The van der Waals surface area contributed by atoms with Gasteiger partial charge in [-0.3, -0.25) is 14.4 Å². The lowest BCUT2D eigenvalue weighted by atomic mass is 10.1. The number of carbonyl (C=O) groups excluding carboxylic acids is 3. The van der Waals surface area contributed by atoms with Gasteiger partial charge in [-0.15, -0.1) is 0 Å². The summed E-state index contributed by atoms with van der Waals surface area (Å²) in [6, 6.07) is 11.4. The third-order valence-corrected chi connectivity index (χ3v) is 5.07. The van der Waals surface area contributed by atoms with Gasteiger partial charge in [-0.2, -0.15) is 0 Å². The van der Waals surface area contributed by atoms with E-state index in [9.17, 15) is 14.4 Å². The number of para-hydroxylation sites is 1. The van der Waals surface area contributed by atoms with E-state index in [-0.39, 0.29) is 30.6 Å². The molecule has 0 aromatic heterocycles. The number of halogens is 2. The molecule has 6 nitrogen and oxygen atoms in total. The Balaban J connectivity index is 1.61. The van der Waals surface area contributed by atoms with Gasteiger partial charge in [0.1, 0.15) is 6.04 Å². The highest BCUT2D eigenvalue weighted by atomic mass is 79.9. The lowest BCUT2D eigenvalue weighted by molar-refractivity contribution is -0.118. The topological polar surface area (TPSA) is 87.3 Å². The quantitative estimate of drug-likeness (QED) is 0.623. The Bertz CT molecular complexity index is 886. The fourth-order valence-electron chi connectivity index (χ4n) is 2.59. The molecule has 3 rings (SSSR count). The van der Waals surface area contributed by atoms with Crippen molar-refractivity contribution in [3.8, 4) is 0 Å². The van der Waals surface area contributed by atoms with Crippen LogP contribution in [-0.4, -0.2) is 23.8 Å². The van der Waals surface area contributed by atoms with E-state index in [0.717, 1.165) is 8.95 Å². The van der Waals surface area contributed by atoms with Crippen LogP contribution in [0.3, 0.4) is 0 Å². The van der Waals surface area contributed by atoms with E-state index < -0.39 is 6.04 Å². The Hall–Kier alpha value is -2.19. The van der Waals surface area contributed by atoms with Crippen molar-refractivity contribution < 1.29 is 14.4 Å². The molecule has 3 amide bonds. The molecule has 8 heteroatoms. The van der Waals surface area contributed by atoms with Crippen molar-refractivity contribution in [2.45, 2.75) is 18.9 Å². The maximum absolute atomic E-state index is 12.3. The Morgan fingerprint density at radius 1 is 1.12 bits per heavy atom. The minimum atomic E-state index is -0.769. The maximum atomic E-state index is 12.3. The van der Waals surface area contributed by atoms with Crippen molar-refractivity contribution in [2.24, 2.45) is 0 Å². The van der Waals surface area contributed by atoms with Gasteiger partial charge in [-0.25, -0.2) is 0 Å². The van der Waals surface area contributed by atoms with E-state index in [0.29, 0.717) is 16.9 Å². The summed E-state index contributed by atoms with van der Waals surface area (Å²) >= 11 is 6.73. The zero-order valence-electron chi connectivity index (χ0n) is 13.5. The van der Waals surface area contributed by atoms with Crippen LogP contribution in [0.25, 0.3) is 0 Å². The van der Waals surface area contributed by atoms with E-state index in [1.807, 2.05) is 12.1 Å². The highest BCUT2D eigenvalue weighted by Gasteiger charge is 2.27. The summed E-state index contributed by atoms with van der Waals surface area (Å²) in [6.07, 6.45) is 0.294. The minimum absolute atomic E-state index is 0.0945. The predicted molar refractivity (Wildman–Crippen MR) is 106 cm³/mol. The van der Waals surface area contributed by atoms with Gasteiger partial charge >= 0.3 is 0 Å². The van der Waals surface area contributed by atoms with Crippen molar-refractivity contribution in [1.29, 1.82) is 0 Å². The summed E-state index contributed by atoms with van der Waals surface area (Å²) in [7, 11) is 0. The van der Waals surface area contributed by atoms with Gasteiger partial charge in [-0.05, 0) is 52.7 Å². The highest BCUT2D eigenvalue weighted by Crippen LogP contribution is 2.26. The number of nitrogens with one attached hydrogen (secondary N) is 3. The number of fused-ring (bicyclic) bond motifs is 1. The molecule has 1 unspecified atom stereocenters. The number of rotatable bonds is 4. The van der Waals surface area contributed by atoms with E-state index in [4.69, 9.17) is 0 Å². The van der Waals surface area contributed by atoms with Crippen molar-refractivity contribution in [3.05, 3.63) is 57.0 Å². The number of hydrogen-bond donors (Lipinski definition) is 3. The van der Waals surface area contributed by atoms with E-state index in [1.165, 1.54) is 0 Å². The molecule has 1 aliphatic rings. The van der Waals surface area contributed by atoms with Crippen LogP contribution < -0.4 is 16.0 Å². The summed E-state index contributed by atoms with van der Waals surface area (Å²) in [5.41, 5.74) is 1.52. The lowest BCUT2D eigenvalue weighted by Crippen LogP contribution is -2.41. The normalized spacial score (nSPS) is 16.2. The van der Waals surface area contributed by atoms with E-state index in [2.05, 4.69) is 47.8 Å². The van der Waals surface area contributed by atoms with E-state index in [1.54, 1.807) is 30.3 Å². The van der Waals surface area contributed by atoms with Gasteiger partial charge in [0.15, 0.2) is 0 Å². The summed E-state index contributed by atoms with van der Waals surface area (Å²) < 4.78 is 1.64. The first-order valence-electron chi connectivity index (χ1n) is 7.89. The number of benzene rings is 2. The first kappa shape index (κ1) is 18.6. The Morgan fingerprint density at radius 2 is 1.88 bits per heavy atom. The zero-order chi connectivity index (χ0) is 18.7. The minimum Gasteiger partial charge on any atom is -0.340 e. The van der Waals surface area contributed by atoms with Crippen LogP contribution in [0.1, 0.15) is 23.2 Å². The van der Waals surface area contributed by atoms with E-state index >= 15 is 0 Å². The Kier molecular flexibility index (Phi) is 5.73. The van der Waals surface area contributed by atoms with Crippen LogP contribution in [-0.2, 0) is 9.59 Å². The molecule has 134 valence electrons. The Labute approximate surface area is 167 Å². The van der Waals surface area contributed by atoms with Crippen molar-refractivity contribution in [3.63, 3.8) is 0 Å². The van der Waals surface area contributed by atoms with Crippen LogP contribution in [0, 0.1) is 0 Å². The third kappa shape index (κ3) is 4.31. The number of amides is 3. The first-order chi connectivity index (χ1) is 12.4. The molecule has 2 aromatic rings. The molecule has 0 spiro atoms. The van der Waals surface area contributed by atoms with Crippen LogP contribution in [0.15, 0.2) is 51.4 Å². The fourth-order valence-corrected chi connectivity index (χ4v) is 3.74. The van der Waals surface area contributed by atoms with Gasteiger partial charge in [0.25, 0.3) is 5.91 Å². The largest absolute Gasteiger partial charge is 0.340 e. The second-order valence-electron chi connectivity index (χ2n) is 5.77. The van der Waals surface area contributed by atoms with Gasteiger partial charge in [0, 0.05) is 15.4 Å². The second kappa shape index (κ2) is 8.01. The number of carbonyl (C=O) groups is 3. The molecule has 26 heavy (non-hydrogen) atoms. The molecule has 3 N–H and O–H groups in total. The second-order valence-corrected chi connectivity index (χ2v) is 7.54. The average Bonchev–Trinajstić information content (AvgIpc) is 2.72. The summed E-state index contributed by atoms with van der Waals surface area (Å²) in [6.45, 7) is 0. The molecule has 1 atom stereocenters. The molecule has 0 bridgehead atoms. The van der Waals surface area contributed by atoms with Crippen molar-refractivity contribution in [2.75, 3.05) is 10.6 Å². The van der Waals surface area contributed by atoms with Gasteiger partial charge in [0.2, 0.25) is 11.8 Å².